The lowest BCUT2D eigenvalue weighted by Gasteiger charge is -2.10. The van der Waals surface area contributed by atoms with Crippen molar-refractivity contribution in [3.8, 4) is 22.3 Å². The molecule has 0 unspecified atom stereocenters. The molecule has 146 valence electrons. The largest absolute Gasteiger partial charge is 0.294 e. The molecule has 0 bridgehead atoms. The summed E-state index contributed by atoms with van der Waals surface area (Å²) in [7, 11) is -4.37. The minimum absolute atomic E-state index is 0.0340. The van der Waals surface area contributed by atoms with Crippen LogP contribution in [0.1, 0.15) is 0 Å². The molecule has 0 spiro atoms. The third-order valence-electron chi connectivity index (χ3n) is 3.85. The SMILES string of the molecule is O=S(=O)(O)c1ccc(-c2cc(F)c(-c3ccc(SOOO)cc3)cc2F)cc1. The second-order valence-electron chi connectivity index (χ2n) is 5.56. The van der Waals surface area contributed by atoms with Crippen LogP contribution >= 0.6 is 12.0 Å². The maximum atomic E-state index is 14.6. The lowest BCUT2D eigenvalue weighted by Crippen LogP contribution is -1.97. The van der Waals surface area contributed by atoms with Gasteiger partial charge in [0.2, 0.25) is 0 Å². The molecule has 10 heteroatoms. The van der Waals surface area contributed by atoms with E-state index in [0.717, 1.165) is 36.3 Å². The standard InChI is InChI=1S/C18H12F2O6S2/c19-17-10-16(12-3-7-14(8-4-12)28(22,23)24)18(20)9-15(17)11-1-5-13(6-2-11)27-26-25-21/h1-10,21H,(H,22,23,24). The van der Waals surface area contributed by atoms with Crippen LogP contribution in [-0.2, 0) is 19.5 Å². The summed E-state index contributed by atoms with van der Waals surface area (Å²) in [6.07, 6.45) is 0. The van der Waals surface area contributed by atoms with E-state index in [4.69, 9.17) is 9.81 Å². The van der Waals surface area contributed by atoms with Gasteiger partial charge in [-0.3, -0.25) is 4.55 Å². The molecule has 0 aliphatic carbocycles. The molecule has 6 nitrogen and oxygen atoms in total. The van der Waals surface area contributed by atoms with E-state index in [1.165, 1.54) is 12.1 Å². The van der Waals surface area contributed by atoms with E-state index < -0.39 is 21.8 Å². The first-order chi connectivity index (χ1) is 13.3. The van der Waals surface area contributed by atoms with Gasteiger partial charge in [-0.1, -0.05) is 29.3 Å². The zero-order valence-electron chi connectivity index (χ0n) is 13.9. The highest BCUT2D eigenvalue weighted by Gasteiger charge is 2.15. The monoisotopic (exact) mass is 426 g/mol. The van der Waals surface area contributed by atoms with Crippen LogP contribution in [0.15, 0.2) is 70.5 Å². The lowest BCUT2D eigenvalue weighted by molar-refractivity contribution is -0.432. The van der Waals surface area contributed by atoms with Crippen molar-refractivity contribution in [2.45, 2.75) is 9.79 Å². The molecule has 3 aromatic carbocycles. The average Bonchev–Trinajstić information content (AvgIpc) is 2.68. The molecule has 3 rings (SSSR count). The van der Waals surface area contributed by atoms with Crippen LogP contribution < -0.4 is 0 Å². The van der Waals surface area contributed by atoms with Gasteiger partial charge in [0.15, 0.2) is 0 Å². The summed E-state index contributed by atoms with van der Waals surface area (Å²) in [5.74, 6) is -1.38. The van der Waals surface area contributed by atoms with Crippen molar-refractivity contribution in [1.29, 1.82) is 0 Å². The molecular weight excluding hydrogens is 414 g/mol. The molecule has 0 amide bonds. The zero-order valence-corrected chi connectivity index (χ0v) is 15.5. The Bertz CT molecular complexity index is 1080. The molecule has 0 radical (unpaired) electrons. The van der Waals surface area contributed by atoms with Gasteiger partial charge in [0, 0.05) is 16.0 Å². The third kappa shape index (κ3) is 4.55. The van der Waals surface area contributed by atoms with Crippen LogP contribution in [0.5, 0.6) is 0 Å². The van der Waals surface area contributed by atoms with Gasteiger partial charge in [-0.15, -0.1) is 4.33 Å². The molecule has 0 saturated carbocycles. The normalized spacial score (nSPS) is 11.6. The number of hydrogen-bond donors (Lipinski definition) is 2. The van der Waals surface area contributed by atoms with Gasteiger partial charge in [0.1, 0.15) is 11.6 Å². The summed E-state index contributed by atoms with van der Waals surface area (Å²) in [6.45, 7) is 0. The Morgan fingerprint density at radius 1 is 0.821 bits per heavy atom. The zero-order chi connectivity index (χ0) is 20.3. The van der Waals surface area contributed by atoms with Gasteiger partial charge in [-0.25, -0.2) is 14.0 Å². The quantitative estimate of drug-likeness (QED) is 0.249. The number of hydrogen-bond acceptors (Lipinski definition) is 6. The predicted octanol–water partition coefficient (Wildman–Crippen LogP) is 4.97. The molecule has 28 heavy (non-hydrogen) atoms. The first kappa shape index (κ1) is 20.4. The van der Waals surface area contributed by atoms with Gasteiger partial charge < -0.3 is 0 Å². The van der Waals surface area contributed by atoms with Gasteiger partial charge in [0.05, 0.1) is 16.9 Å². The van der Waals surface area contributed by atoms with Gasteiger partial charge in [0.25, 0.3) is 10.1 Å². The van der Waals surface area contributed by atoms with Crippen molar-refractivity contribution in [1.82, 2.24) is 0 Å². The van der Waals surface area contributed by atoms with Crippen LogP contribution in [-0.4, -0.2) is 18.2 Å². The van der Waals surface area contributed by atoms with Gasteiger partial charge in [-0.2, -0.15) is 8.42 Å². The number of rotatable bonds is 6. The molecule has 3 aromatic rings. The highest BCUT2D eigenvalue weighted by atomic mass is 32.2. The molecule has 0 heterocycles. The molecule has 2 N–H and O–H groups in total. The summed E-state index contributed by atoms with van der Waals surface area (Å²) in [5, 5.41) is 11.6. The van der Waals surface area contributed by atoms with Gasteiger partial charge >= 0.3 is 0 Å². The first-order valence-electron chi connectivity index (χ1n) is 7.62. The average molecular weight is 426 g/mol. The Morgan fingerprint density at radius 3 is 1.71 bits per heavy atom. The summed E-state index contributed by atoms with van der Waals surface area (Å²) in [6, 6.07) is 13.0. The van der Waals surface area contributed by atoms with Crippen molar-refractivity contribution in [3.05, 3.63) is 72.3 Å². The minimum atomic E-state index is -4.37. The van der Waals surface area contributed by atoms with Crippen molar-refractivity contribution < 1.29 is 36.4 Å². The maximum Gasteiger partial charge on any atom is 0.294 e. The fraction of sp³-hybridized carbons (Fsp3) is 0. The van der Waals surface area contributed by atoms with Crippen molar-refractivity contribution in [2.24, 2.45) is 0 Å². The number of benzene rings is 3. The van der Waals surface area contributed by atoms with Crippen LogP contribution in [0.4, 0.5) is 8.78 Å². The lowest BCUT2D eigenvalue weighted by atomic mass is 9.99. The van der Waals surface area contributed by atoms with Crippen molar-refractivity contribution >= 4 is 22.2 Å². The highest BCUT2D eigenvalue weighted by molar-refractivity contribution is 7.94. The first-order valence-corrected chi connectivity index (χ1v) is 9.80. The van der Waals surface area contributed by atoms with E-state index in [2.05, 4.69) is 9.37 Å². The Kier molecular flexibility index (Phi) is 6.08. The summed E-state index contributed by atoms with van der Waals surface area (Å²) in [4.78, 5) is 0.219. The Morgan fingerprint density at radius 2 is 1.29 bits per heavy atom. The molecule has 0 atom stereocenters. The number of halogens is 2. The van der Waals surface area contributed by atoms with E-state index >= 15 is 0 Å². The van der Waals surface area contributed by atoms with Crippen molar-refractivity contribution in [3.63, 3.8) is 0 Å². The van der Waals surface area contributed by atoms with Crippen LogP contribution in [0.2, 0.25) is 0 Å². The van der Waals surface area contributed by atoms with Crippen LogP contribution in [0.3, 0.4) is 0 Å². The second-order valence-corrected chi connectivity index (χ2v) is 7.76. The smallest absolute Gasteiger partial charge is 0.282 e. The van der Waals surface area contributed by atoms with Crippen LogP contribution in [0, 0.1) is 11.6 Å². The minimum Gasteiger partial charge on any atom is -0.282 e. The summed E-state index contributed by atoms with van der Waals surface area (Å²) < 4.78 is 64.6. The molecular formula is C18H12F2O6S2. The highest BCUT2D eigenvalue weighted by Crippen LogP contribution is 2.32. The molecule has 0 aliphatic heterocycles. The van der Waals surface area contributed by atoms with E-state index in [0.29, 0.717) is 10.5 Å². The van der Waals surface area contributed by atoms with E-state index in [1.54, 1.807) is 24.3 Å². The van der Waals surface area contributed by atoms with E-state index in [1.807, 2.05) is 0 Å². The fourth-order valence-corrected chi connectivity index (χ4v) is 3.38. The van der Waals surface area contributed by atoms with Crippen LogP contribution in [0.25, 0.3) is 22.3 Å². The Balaban J connectivity index is 1.93. The maximum absolute atomic E-state index is 14.6. The molecule has 0 fully saturated rings. The Labute approximate surface area is 163 Å². The fourth-order valence-electron chi connectivity index (χ4n) is 2.54. The van der Waals surface area contributed by atoms with Gasteiger partial charge in [-0.05, 0) is 47.5 Å². The van der Waals surface area contributed by atoms with E-state index in [9.17, 15) is 17.2 Å². The topological polar surface area (TPSA) is 93.1 Å². The predicted molar refractivity (Wildman–Crippen MR) is 97.7 cm³/mol. The summed E-state index contributed by atoms with van der Waals surface area (Å²) in [5.41, 5.74) is 0.651. The van der Waals surface area contributed by atoms with E-state index in [-0.39, 0.29) is 21.6 Å². The molecule has 0 saturated heterocycles. The third-order valence-corrected chi connectivity index (χ3v) is 5.31. The van der Waals surface area contributed by atoms with Crippen molar-refractivity contribution in [2.75, 3.05) is 0 Å². The second kappa shape index (κ2) is 8.35. The summed E-state index contributed by atoms with van der Waals surface area (Å²) >= 11 is 0.734. The molecule has 0 aromatic heterocycles. The Hall–Kier alpha value is -2.34. The molecule has 0 aliphatic rings.